The van der Waals surface area contributed by atoms with Gasteiger partial charge in [-0.05, 0) is 41.0 Å². The van der Waals surface area contributed by atoms with E-state index in [4.69, 9.17) is 0 Å². The highest BCUT2D eigenvalue weighted by Gasteiger charge is 2.32. The Morgan fingerprint density at radius 1 is 1.33 bits per heavy atom. The number of benzene rings is 1. The predicted molar refractivity (Wildman–Crippen MR) is 57.6 cm³/mol. The fraction of sp³-hybridized carbons (Fsp3) is 0.250. The highest BCUT2D eigenvalue weighted by atomic mass is 127. The van der Waals surface area contributed by atoms with Crippen molar-refractivity contribution in [2.45, 2.75) is 11.3 Å². The van der Waals surface area contributed by atoms with E-state index in [2.05, 4.69) is 4.74 Å². The third-order valence-corrected chi connectivity index (χ3v) is 3.07. The number of rotatable bonds is 2. The van der Waals surface area contributed by atoms with E-state index in [9.17, 15) is 17.6 Å². The molecule has 0 amide bonds. The summed E-state index contributed by atoms with van der Waals surface area (Å²) in [7, 11) is 0. The smallest absolute Gasteiger partial charge is 0.404 e. The first kappa shape index (κ1) is 12.9. The second-order valence-electron chi connectivity index (χ2n) is 2.44. The summed E-state index contributed by atoms with van der Waals surface area (Å²) >= 11 is 2.57. The van der Waals surface area contributed by atoms with Crippen LogP contribution < -0.4 is 4.74 Å². The van der Waals surface area contributed by atoms with E-state index in [1.807, 2.05) is 0 Å². The van der Waals surface area contributed by atoms with Crippen LogP contribution in [0.1, 0.15) is 0 Å². The van der Waals surface area contributed by atoms with Crippen LogP contribution in [0, 0.1) is 9.39 Å². The molecule has 0 fully saturated rings. The van der Waals surface area contributed by atoms with Crippen molar-refractivity contribution in [3.63, 3.8) is 0 Å². The molecule has 1 aromatic rings. The molecule has 1 nitrogen and oxygen atoms in total. The van der Waals surface area contributed by atoms with Crippen molar-refractivity contribution in [2.24, 2.45) is 0 Å². The summed E-state index contributed by atoms with van der Waals surface area (Å²) in [6.45, 7) is 0. The molecule has 0 unspecified atom stereocenters. The Labute approximate surface area is 101 Å². The third-order valence-electron chi connectivity index (χ3n) is 1.44. The summed E-state index contributed by atoms with van der Waals surface area (Å²) in [5, 5.41) is 0. The Balaban J connectivity index is 3.14. The molecule has 0 aromatic heterocycles. The average molecular weight is 352 g/mol. The van der Waals surface area contributed by atoms with Crippen LogP contribution in [0.3, 0.4) is 0 Å². The Bertz CT molecular complexity index is 366. The lowest BCUT2D eigenvalue weighted by Crippen LogP contribution is -2.18. The summed E-state index contributed by atoms with van der Waals surface area (Å²) in [6, 6.07) is 2.33. The molecule has 0 N–H and O–H groups in total. The van der Waals surface area contributed by atoms with Gasteiger partial charge in [0, 0.05) is 0 Å². The molecule has 0 radical (unpaired) electrons. The molecular formula is C8H5F4IOS. The molecule has 0 heterocycles. The molecule has 0 atom stereocenters. The van der Waals surface area contributed by atoms with Crippen LogP contribution in [-0.4, -0.2) is 12.6 Å². The Morgan fingerprint density at radius 2 is 1.93 bits per heavy atom. The lowest BCUT2D eigenvalue weighted by atomic mass is 10.3. The van der Waals surface area contributed by atoms with Gasteiger partial charge in [-0.25, -0.2) is 4.39 Å². The van der Waals surface area contributed by atoms with E-state index in [0.29, 0.717) is 0 Å². The van der Waals surface area contributed by atoms with Crippen LogP contribution in [0.4, 0.5) is 17.6 Å². The van der Waals surface area contributed by atoms with E-state index < -0.39 is 17.9 Å². The van der Waals surface area contributed by atoms with Gasteiger partial charge in [-0.3, -0.25) is 0 Å². The highest BCUT2D eigenvalue weighted by Crippen LogP contribution is 2.35. The number of hydrogen-bond donors (Lipinski definition) is 0. The summed E-state index contributed by atoms with van der Waals surface area (Å²) in [5.41, 5.74) is 0. The lowest BCUT2D eigenvalue weighted by molar-refractivity contribution is -0.275. The Hall–Kier alpha value is -0.180. The van der Waals surface area contributed by atoms with Crippen molar-refractivity contribution in [3.05, 3.63) is 21.5 Å². The van der Waals surface area contributed by atoms with Crippen molar-refractivity contribution in [2.75, 3.05) is 6.26 Å². The van der Waals surface area contributed by atoms with E-state index >= 15 is 0 Å². The van der Waals surface area contributed by atoms with Crippen LogP contribution in [-0.2, 0) is 0 Å². The van der Waals surface area contributed by atoms with Crippen LogP contribution in [0.25, 0.3) is 0 Å². The maximum absolute atomic E-state index is 13.4. The zero-order valence-electron chi connectivity index (χ0n) is 7.36. The molecule has 84 valence electrons. The zero-order chi connectivity index (χ0) is 11.6. The third kappa shape index (κ3) is 3.40. The SMILES string of the molecule is CSc1c(OC(F)(F)F)ccc(I)c1F. The highest BCUT2D eigenvalue weighted by molar-refractivity contribution is 14.1. The van der Waals surface area contributed by atoms with Gasteiger partial charge in [-0.15, -0.1) is 24.9 Å². The maximum Gasteiger partial charge on any atom is 0.573 e. The summed E-state index contributed by atoms with van der Waals surface area (Å²) in [5.74, 6) is -1.20. The molecule has 15 heavy (non-hydrogen) atoms. The Kier molecular flexibility index (Phi) is 4.10. The maximum atomic E-state index is 13.4. The van der Waals surface area contributed by atoms with Gasteiger partial charge in [0.15, 0.2) is 5.82 Å². The van der Waals surface area contributed by atoms with E-state index in [1.165, 1.54) is 12.3 Å². The van der Waals surface area contributed by atoms with Crippen molar-refractivity contribution in [1.29, 1.82) is 0 Å². The van der Waals surface area contributed by atoms with Gasteiger partial charge in [0.1, 0.15) is 5.75 Å². The first-order valence-corrected chi connectivity index (χ1v) is 5.93. The molecule has 0 saturated heterocycles. The van der Waals surface area contributed by atoms with E-state index in [0.717, 1.165) is 17.8 Å². The molecule has 1 rings (SSSR count). The lowest BCUT2D eigenvalue weighted by Gasteiger charge is -2.12. The van der Waals surface area contributed by atoms with Crippen molar-refractivity contribution < 1.29 is 22.3 Å². The van der Waals surface area contributed by atoms with Gasteiger partial charge in [0.25, 0.3) is 0 Å². The minimum atomic E-state index is -4.80. The Morgan fingerprint density at radius 3 is 2.40 bits per heavy atom. The molecule has 0 aliphatic carbocycles. The molecule has 0 aliphatic heterocycles. The number of halogens is 5. The predicted octanol–water partition coefficient (Wildman–Crippen LogP) is 4.05. The van der Waals surface area contributed by atoms with Gasteiger partial charge in [-0.1, -0.05) is 0 Å². The number of alkyl halides is 3. The van der Waals surface area contributed by atoms with Crippen molar-refractivity contribution in [1.82, 2.24) is 0 Å². The second-order valence-corrected chi connectivity index (χ2v) is 4.42. The molecule has 1 aromatic carbocycles. The van der Waals surface area contributed by atoms with Crippen LogP contribution >= 0.6 is 34.4 Å². The van der Waals surface area contributed by atoms with E-state index in [1.54, 1.807) is 22.6 Å². The first-order valence-electron chi connectivity index (χ1n) is 3.63. The minimum Gasteiger partial charge on any atom is -0.404 e. The summed E-state index contributed by atoms with van der Waals surface area (Å²) in [6.07, 6.45) is -3.32. The topological polar surface area (TPSA) is 9.23 Å². The number of ether oxygens (including phenoxy) is 1. The normalized spacial score (nSPS) is 11.6. The second kappa shape index (κ2) is 4.77. The van der Waals surface area contributed by atoms with Gasteiger partial charge in [0.2, 0.25) is 0 Å². The van der Waals surface area contributed by atoms with Gasteiger partial charge < -0.3 is 4.74 Å². The number of hydrogen-bond acceptors (Lipinski definition) is 2. The molecule has 0 spiro atoms. The minimum absolute atomic E-state index is 0.140. The van der Waals surface area contributed by atoms with E-state index in [-0.39, 0.29) is 8.47 Å². The largest absolute Gasteiger partial charge is 0.573 e. The average Bonchev–Trinajstić information content (AvgIpc) is 2.10. The fourth-order valence-electron chi connectivity index (χ4n) is 0.910. The zero-order valence-corrected chi connectivity index (χ0v) is 10.3. The first-order chi connectivity index (χ1) is 6.85. The molecular weight excluding hydrogens is 347 g/mol. The standard InChI is InChI=1S/C8H5F4IOS/c1-15-7-5(14-8(10,11)12)3-2-4(13)6(7)9/h2-3H,1H3. The quantitative estimate of drug-likeness (QED) is 0.451. The van der Waals surface area contributed by atoms with Crippen LogP contribution in [0.5, 0.6) is 5.75 Å². The van der Waals surface area contributed by atoms with Crippen molar-refractivity contribution >= 4 is 34.4 Å². The van der Waals surface area contributed by atoms with Crippen molar-refractivity contribution in [3.8, 4) is 5.75 Å². The molecule has 0 bridgehead atoms. The monoisotopic (exact) mass is 352 g/mol. The van der Waals surface area contributed by atoms with Gasteiger partial charge in [0.05, 0.1) is 8.47 Å². The van der Waals surface area contributed by atoms with Crippen LogP contribution in [0.2, 0.25) is 0 Å². The molecule has 0 saturated carbocycles. The summed E-state index contributed by atoms with van der Waals surface area (Å²) < 4.78 is 53.1. The number of thioether (sulfide) groups is 1. The van der Waals surface area contributed by atoms with Gasteiger partial charge >= 0.3 is 6.36 Å². The fourth-order valence-corrected chi connectivity index (χ4v) is 2.14. The molecule has 0 aliphatic rings. The summed E-state index contributed by atoms with van der Waals surface area (Å²) in [4.78, 5) is -0.140. The van der Waals surface area contributed by atoms with Gasteiger partial charge in [-0.2, -0.15) is 0 Å². The molecule has 7 heteroatoms. The van der Waals surface area contributed by atoms with Crippen LogP contribution in [0.15, 0.2) is 17.0 Å².